The molecule has 0 bridgehead atoms. The number of amides is 1. The van der Waals surface area contributed by atoms with E-state index in [9.17, 15) is 4.79 Å². The number of hydrogen-bond acceptors (Lipinski definition) is 4. The Labute approximate surface area is 155 Å². The van der Waals surface area contributed by atoms with E-state index in [-0.39, 0.29) is 5.91 Å². The summed E-state index contributed by atoms with van der Waals surface area (Å²) in [6.07, 6.45) is 2.84. The van der Waals surface area contributed by atoms with Crippen molar-refractivity contribution in [1.82, 2.24) is 19.9 Å². The number of H-pyrrole nitrogens is 1. The Morgan fingerprint density at radius 3 is 2.85 bits per heavy atom. The number of likely N-dealkylation sites (tertiary alicyclic amines) is 1. The van der Waals surface area contributed by atoms with Crippen LogP contribution in [0.2, 0.25) is 5.02 Å². The zero-order valence-corrected chi connectivity index (χ0v) is 14.9. The molecule has 2 aromatic heterocycles. The number of imidazole rings is 1. The summed E-state index contributed by atoms with van der Waals surface area (Å²) in [7, 11) is 0. The molecule has 0 atom stereocenters. The highest BCUT2D eigenvalue weighted by Gasteiger charge is 2.34. The number of benzene rings is 1. The topological polar surface area (TPSA) is 65.1 Å². The van der Waals surface area contributed by atoms with Crippen LogP contribution >= 0.6 is 11.6 Å². The van der Waals surface area contributed by atoms with Gasteiger partial charge in [-0.1, -0.05) is 11.6 Å². The number of anilines is 1. The van der Waals surface area contributed by atoms with Gasteiger partial charge in [0.05, 0.1) is 22.5 Å². The number of nitrogens with one attached hydrogen (secondary N) is 1. The minimum Gasteiger partial charge on any atom is -0.354 e. The molecule has 2 fully saturated rings. The molecular formula is C19H18ClN5O. The quantitative estimate of drug-likeness (QED) is 0.772. The standard InChI is InChI=1S/C19H18ClN5O/c20-13-4-5-15-16(9-13)23-17(22-15)12-10-25(11-12)18-14(3-1-6-21-18)19(26)24-7-2-8-24/h1,3-6,9,12H,2,7-8,10-11H2,(H,22,23). The van der Waals surface area contributed by atoms with Gasteiger partial charge in [-0.25, -0.2) is 9.97 Å². The normalized spacial score (nSPS) is 17.3. The summed E-state index contributed by atoms with van der Waals surface area (Å²) in [6, 6.07) is 9.39. The summed E-state index contributed by atoms with van der Waals surface area (Å²) < 4.78 is 0. The highest BCUT2D eigenvalue weighted by molar-refractivity contribution is 6.31. The van der Waals surface area contributed by atoms with Crippen LogP contribution in [0.3, 0.4) is 0 Å². The SMILES string of the molecule is O=C(c1cccnc1N1CC(c2nc3cc(Cl)ccc3[nH]2)C1)N1CCC1. The predicted molar refractivity (Wildman–Crippen MR) is 101 cm³/mol. The molecule has 0 spiro atoms. The number of aromatic amines is 1. The van der Waals surface area contributed by atoms with E-state index in [4.69, 9.17) is 11.6 Å². The van der Waals surface area contributed by atoms with Crippen molar-refractivity contribution in [3.05, 3.63) is 52.9 Å². The molecule has 0 saturated carbocycles. The van der Waals surface area contributed by atoms with Crippen LogP contribution in [0.5, 0.6) is 0 Å². The van der Waals surface area contributed by atoms with Crippen molar-refractivity contribution in [2.24, 2.45) is 0 Å². The second kappa shape index (κ2) is 5.99. The van der Waals surface area contributed by atoms with Gasteiger partial charge < -0.3 is 14.8 Å². The first kappa shape index (κ1) is 15.6. The number of hydrogen-bond donors (Lipinski definition) is 1. The number of aromatic nitrogens is 3. The van der Waals surface area contributed by atoms with Gasteiger partial charge in [0.2, 0.25) is 0 Å². The molecule has 1 aromatic carbocycles. The van der Waals surface area contributed by atoms with Crippen LogP contribution < -0.4 is 4.90 Å². The molecule has 26 heavy (non-hydrogen) atoms. The number of halogens is 1. The van der Waals surface area contributed by atoms with Gasteiger partial charge in [0.15, 0.2) is 0 Å². The Bertz CT molecular complexity index is 991. The summed E-state index contributed by atoms with van der Waals surface area (Å²) in [5, 5.41) is 0.688. The Balaban J connectivity index is 1.35. The number of nitrogens with zero attached hydrogens (tertiary/aromatic N) is 4. The first-order valence-corrected chi connectivity index (χ1v) is 9.21. The lowest BCUT2D eigenvalue weighted by Gasteiger charge is -2.40. The van der Waals surface area contributed by atoms with Gasteiger partial charge >= 0.3 is 0 Å². The van der Waals surface area contributed by atoms with E-state index in [2.05, 4.69) is 19.9 Å². The first-order valence-electron chi connectivity index (χ1n) is 8.83. The maximum Gasteiger partial charge on any atom is 0.257 e. The third-order valence-corrected chi connectivity index (χ3v) is 5.43. The molecular weight excluding hydrogens is 350 g/mol. The molecule has 132 valence electrons. The minimum atomic E-state index is 0.0844. The van der Waals surface area contributed by atoms with Crippen molar-refractivity contribution >= 4 is 34.4 Å². The number of pyridine rings is 1. The van der Waals surface area contributed by atoms with E-state index in [1.54, 1.807) is 6.20 Å². The number of carbonyl (C=O) groups is 1. The molecule has 0 unspecified atom stereocenters. The molecule has 5 rings (SSSR count). The molecule has 0 aliphatic carbocycles. The van der Waals surface area contributed by atoms with Crippen LogP contribution in [0, 0.1) is 0 Å². The molecule has 4 heterocycles. The molecule has 6 nitrogen and oxygen atoms in total. The molecule has 2 saturated heterocycles. The average molecular weight is 368 g/mol. The van der Waals surface area contributed by atoms with Crippen molar-refractivity contribution in [2.75, 3.05) is 31.1 Å². The Kier molecular flexibility index (Phi) is 3.60. The fourth-order valence-corrected chi connectivity index (χ4v) is 3.69. The lowest BCUT2D eigenvalue weighted by Crippen LogP contribution is -2.48. The van der Waals surface area contributed by atoms with Gasteiger partial charge in [-0.15, -0.1) is 0 Å². The van der Waals surface area contributed by atoms with Crippen LogP contribution in [0.1, 0.15) is 28.5 Å². The fourth-order valence-electron chi connectivity index (χ4n) is 3.52. The summed E-state index contributed by atoms with van der Waals surface area (Å²) in [4.78, 5) is 29.2. The van der Waals surface area contributed by atoms with Crippen molar-refractivity contribution in [2.45, 2.75) is 12.3 Å². The molecule has 0 radical (unpaired) electrons. The van der Waals surface area contributed by atoms with E-state index in [0.717, 1.165) is 55.3 Å². The maximum absolute atomic E-state index is 12.6. The third kappa shape index (κ3) is 2.52. The smallest absolute Gasteiger partial charge is 0.257 e. The van der Waals surface area contributed by atoms with E-state index >= 15 is 0 Å². The highest BCUT2D eigenvalue weighted by Crippen LogP contribution is 2.33. The monoisotopic (exact) mass is 367 g/mol. The second-order valence-electron chi connectivity index (χ2n) is 6.91. The molecule has 2 aliphatic heterocycles. The maximum atomic E-state index is 12.6. The number of rotatable bonds is 3. The molecule has 7 heteroatoms. The van der Waals surface area contributed by atoms with Crippen molar-refractivity contribution in [3.63, 3.8) is 0 Å². The van der Waals surface area contributed by atoms with E-state index in [1.807, 2.05) is 35.2 Å². The lowest BCUT2D eigenvalue weighted by molar-refractivity contribution is 0.0652. The van der Waals surface area contributed by atoms with E-state index in [1.165, 1.54) is 0 Å². The van der Waals surface area contributed by atoms with Crippen LogP contribution in [0.4, 0.5) is 5.82 Å². The zero-order chi connectivity index (χ0) is 17.7. The Morgan fingerprint density at radius 2 is 2.08 bits per heavy atom. The average Bonchev–Trinajstić information content (AvgIpc) is 2.94. The molecule has 1 amide bonds. The number of carbonyl (C=O) groups excluding carboxylic acids is 1. The highest BCUT2D eigenvalue weighted by atomic mass is 35.5. The zero-order valence-electron chi connectivity index (χ0n) is 14.2. The van der Waals surface area contributed by atoms with Crippen LogP contribution in [0.25, 0.3) is 11.0 Å². The van der Waals surface area contributed by atoms with Gasteiger partial charge in [-0.05, 0) is 36.8 Å². The Morgan fingerprint density at radius 1 is 1.23 bits per heavy atom. The lowest BCUT2D eigenvalue weighted by atomic mass is 9.98. The summed E-state index contributed by atoms with van der Waals surface area (Å²) >= 11 is 6.04. The third-order valence-electron chi connectivity index (χ3n) is 5.19. The van der Waals surface area contributed by atoms with Crippen LogP contribution in [-0.4, -0.2) is 51.9 Å². The van der Waals surface area contributed by atoms with Gasteiger partial charge in [-0.3, -0.25) is 4.79 Å². The fraction of sp³-hybridized carbons (Fsp3) is 0.316. The van der Waals surface area contributed by atoms with Gasteiger partial charge in [0, 0.05) is 37.4 Å². The molecule has 1 N–H and O–H groups in total. The molecule has 3 aromatic rings. The van der Waals surface area contributed by atoms with E-state index < -0.39 is 0 Å². The van der Waals surface area contributed by atoms with Crippen molar-refractivity contribution in [3.8, 4) is 0 Å². The van der Waals surface area contributed by atoms with Gasteiger partial charge in [0.25, 0.3) is 5.91 Å². The summed E-state index contributed by atoms with van der Waals surface area (Å²) in [5.74, 6) is 2.13. The Hall–Kier alpha value is -2.60. The first-order chi connectivity index (χ1) is 12.7. The van der Waals surface area contributed by atoms with E-state index in [0.29, 0.717) is 16.5 Å². The summed E-state index contributed by atoms with van der Waals surface area (Å²) in [5.41, 5.74) is 2.58. The van der Waals surface area contributed by atoms with Crippen molar-refractivity contribution in [1.29, 1.82) is 0 Å². The van der Waals surface area contributed by atoms with Crippen LogP contribution in [0.15, 0.2) is 36.5 Å². The van der Waals surface area contributed by atoms with Crippen molar-refractivity contribution < 1.29 is 4.79 Å². The predicted octanol–water partition coefficient (Wildman–Crippen LogP) is 3.06. The second-order valence-corrected chi connectivity index (χ2v) is 7.34. The van der Waals surface area contributed by atoms with Gasteiger partial charge in [0.1, 0.15) is 11.6 Å². The molecule has 2 aliphatic rings. The largest absolute Gasteiger partial charge is 0.354 e. The summed E-state index contributed by atoms with van der Waals surface area (Å²) in [6.45, 7) is 3.28. The van der Waals surface area contributed by atoms with Crippen LogP contribution in [-0.2, 0) is 0 Å². The minimum absolute atomic E-state index is 0.0844. The van der Waals surface area contributed by atoms with Gasteiger partial charge in [-0.2, -0.15) is 0 Å². The number of fused-ring (bicyclic) bond motifs is 1.